The summed E-state index contributed by atoms with van der Waals surface area (Å²) >= 11 is 3.40. The van der Waals surface area contributed by atoms with Crippen molar-refractivity contribution in [2.75, 3.05) is 18.8 Å². The van der Waals surface area contributed by atoms with Gasteiger partial charge in [-0.25, -0.2) is 0 Å². The Morgan fingerprint density at radius 3 is 3.00 bits per heavy atom. The number of carboxylic acid groups (broad SMARTS) is 1. The van der Waals surface area contributed by atoms with E-state index < -0.39 is 5.97 Å². The zero-order valence-corrected chi connectivity index (χ0v) is 12.0. The van der Waals surface area contributed by atoms with E-state index in [0.717, 1.165) is 17.7 Å². The number of hydrogen-bond acceptors (Lipinski definition) is 4. The zero-order chi connectivity index (χ0) is 13.4. The highest BCUT2D eigenvalue weighted by molar-refractivity contribution is 8.00. The predicted octanol–water partition coefficient (Wildman–Crippen LogP) is 2.01. The largest absolute Gasteiger partial charge is 0.481 e. The lowest BCUT2D eigenvalue weighted by atomic mass is 10.1. The minimum atomic E-state index is -0.789. The predicted molar refractivity (Wildman–Crippen MR) is 75.5 cm³/mol. The fraction of sp³-hybridized carbons (Fsp3) is 0.538. The first-order chi connectivity index (χ1) is 9.16. The summed E-state index contributed by atoms with van der Waals surface area (Å²) in [6, 6.07) is 2.04. The Hall–Kier alpha value is -1.01. The maximum atomic E-state index is 12.5. The highest BCUT2D eigenvalue weighted by Gasteiger charge is 2.36. The number of aliphatic carboxylic acids is 1. The van der Waals surface area contributed by atoms with Crippen molar-refractivity contribution >= 4 is 35.0 Å². The third kappa shape index (κ3) is 2.39. The van der Waals surface area contributed by atoms with Gasteiger partial charge in [0.15, 0.2) is 0 Å². The molecule has 3 heterocycles. The standard InChI is InChI=1S/C13H15NO3S2/c15-12(14-4-1-8(7-14)13(16)17)11-9-2-5-18-10(9)3-6-19-11/h2,5,8,11H,1,3-4,6-7H2,(H,16,17)/t8-,11+/m1/s1. The SMILES string of the molecule is O=C(O)[C@@H]1CCN(C(=O)[C@H]2SCCc3sccc32)C1. The number of carbonyl (C=O) groups excluding carboxylic acids is 1. The molecule has 0 radical (unpaired) electrons. The Bertz CT molecular complexity index is 514. The Morgan fingerprint density at radius 2 is 2.26 bits per heavy atom. The van der Waals surface area contributed by atoms with Crippen LogP contribution in [0.4, 0.5) is 0 Å². The molecular weight excluding hydrogens is 282 g/mol. The molecule has 2 atom stereocenters. The van der Waals surface area contributed by atoms with Crippen LogP contribution in [0.25, 0.3) is 0 Å². The first-order valence-corrected chi connectivity index (χ1v) is 8.29. The van der Waals surface area contributed by atoms with E-state index in [4.69, 9.17) is 5.11 Å². The summed E-state index contributed by atoms with van der Waals surface area (Å²) in [6.07, 6.45) is 1.62. The van der Waals surface area contributed by atoms with Crippen molar-refractivity contribution in [3.8, 4) is 0 Å². The van der Waals surface area contributed by atoms with Gasteiger partial charge in [0.05, 0.1) is 5.92 Å². The number of thioether (sulfide) groups is 1. The van der Waals surface area contributed by atoms with Crippen molar-refractivity contribution in [3.63, 3.8) is 0 Å². The summed E-state index contributed by atoms with van der Waals surface area (Å²) in [5, 5.41) is 10.9. The molecule has 3 rings (SSSR count). The maximum absolute atomic E-state index is 12.5. The van der Waals surface area contributed by atoms with Gasteiger partial charge in [-0.15, -0.1) is 23.1 Å². The minimum Gasteiger partial charge on any atom is -0.481 e. The summed E-state index contributed by atoms with van der Waals surface area (Å²) in [4.78, 5) is 26.5. The maximum Gasteiger partial charge on any atom is 0.308 e. The van der Waals surface area contributed by atoms with Crippen LogP contribution in [-0.2, 0) is 16.0 Å². The number of carbonyl (C=O) groups is 2. The van der Waals surface area contributed by atoms with Crippen LogP contribution >= 0.6 is 23.1 Å². The number of rotatable bonds is 2. The Labute approximate surface area is 119 Å². The molecule has 0 bridgehead atoms. The van der Waals surface area contributed by atoms with Crippen LogP contribution in [0.1, 0.15) is 22.1 Å². The second-order valence-electron chi connectivity index (χ2n) is 4.91. The molecule has 19 heavy (non-hydrogen) atoms. The Balaban J connectivity index is 1.74. The molecule has 1 N–H and O–H groups in total. The molecule has 1 aromatic heterocycles. The van der Waals surface area contributed by atoms with Crippen LogP contribution in [0.5, 0.6) is 0 Å². The van der Waals surface area contributed by atoms with Crippen LogP contribution < -0.4 is 0 Å². The number of nitrogens with zero attached hydrogens (tertiary/aromatic N) is 1. The van der Waals surface area contributed by atoms with Gasteiger partial charge in [0.25, 0.3) is 0 Å². The normalized spacial score (nSPS) is 26.2. The molecule has 102 valence electrons. The quantitative estimate of drug-likeness (QED) is 0.907. The zero-order valence-electron chi connectivity index (χ0n) is 10.4. The second-order valence-corrected chi connectivity index (χ2v) is 7.12. The van der Waals surface area contributed by atoms with Crippen molar-refractivity contribution in [1.29, 1.82) is 0 Å². The second kappa shape index (κ2) is 5.17. The highest BCUT2D eigenvalue weighted by atomic mass is 32.2. The summed E-state index contributed by atoms with van der Waals surface area (Å²) in [5.41, 5.74) is 1.14. The molecule has 6 heteroatoms. The van der Waals surface area contributed by atoms with Crippen LogP contribution in [0, 0.1) is 5.92 Å². The lowest BCUT2D eigenvalue weighted by molar-refractivity contribution is -0.141. The molecule has 1 saturated heterocycles. The van der Waals surface area contributed by atoms with Crippen molar-refractivity contribution in [2.45, 2.75) is 18.1 Å². The van der Waals surface area contributed by atoms with Crippen LogP contribution in [0.15, 0.2) is 11.4 Å². The Morgan fingerprint density at radius 1 is 1.42 bits per heavy atom. The number of fused-ring (bicyclic) bond motifs is 1. The van der Waals surface area contributed by atoms with Gasteiger partial charge < -0.3 is 10.0 Å². The van der Waals surface area contributed by atoms with Crippen LogP contribution in [-0.4, -0.2) is 40.7 Å². The summed E-state index contributed by atoms with van der Waals surface area (Å²) in [5.74, 6) is -0.115. The van der Waals surface area contributed by atoms with Gasteiger partial charge in [0.2, 0.25) is 5.91 Å². The molecule has 0 aliphatic carbocycles. The summed E-state index contributed by atoms with van der Waals surface area (Å²) in [7, 11) is 0. The smallest absolute Gasteiger partial charge is 0.308 e. The van der Waals surface area contributed by atoms with Gasteiger partial charge in [0.1, 0.15) is 5.25 Å². The highest BCUT2D eigenvalue weighted by Crippen LogP contribution is 2.41. The van der Waals surface area contributed by atoms with Gasteiger partial charge in [-0.1, -0.05) is 0 Å². The lowest BCUT2D eigenvalue weighted by Crippen LogP contribution is -2.34. The van der Waals surface area contributed by atoms with E-state index in [1.54, 1.807) is 28.0 Å². The molecule has 4 nitrogen and oxygen atoms in total. The fourth-order valence-electron chi connectivity index (χ4n) is 2.68. The van der Waals surface area contributed by atoms with Crippen LogP contribution in [0.3, 0.4) is 0 Å². The number of carboxylic acids is 1. The van der Waals surface area contributed by atoms with Crippen molar-refractivity contribution in [3.05, 3.63) is 21.9 Å². The number of thiophene rings is 1. The van der Waals surface area contributed by atoms with Gasteiger partial charge in [-0.2, -0.15) is 0 Å². The van der Waals surface area contributed by atoms with Gasteiger partial charge in [-0.3, -0.25) is 9.59 Å². The molecule has 1 aromatic rings. The van der Waals surface area contributed by atoms with E-state index >= 15 is 0 Å². The van der Waals surface area contributed by atoms with E-state index in [1.165, 1.54) is 4.88 Å². The van der Waals surface area contributed by atoms with E-state index in [2.05, 4.69) is 0 Å². The fourth-order valence-corrected chi connectivity index (χ4v) is 5.05. The van der Waals surface area contributed by atoms with Gasteiger partial charge in [0, 0.05) is 18.0 Å². The number of aryl methyl sites for hydroxylation is 1. The third-order valence-corrected chi connectivity index (χ3v) is 5.97. The summed E-state index contributed by atoms with van der Waals surface area (Å²) < 4.78 is 0. The molecule has 0 spiro atoms. The van der Waals surface area contributed by atoms with Crippen molar-refractivity contribution in [2.24, 2.45) is 5.92 Å². The van der Waals surface area contributed by atoms with Gasteiger partial charge in [-0.05, 0) is 35.6 Å². The Kier molecular flexibility index (Phi) is 3.54. The van der Waals surface area contributed by atoms with Crippen LogP contribution in [0.2, 0.25) is 0 Å². The monoisotopic (exact) mass is 297 g/mol. The molecule has 2 aliphatic rings. The van der Waals surface area contributed by atoms with E-state index in [0.29, 0.717) is 19.5 Å². The molecule has 1 amide bonds. The first-order valence-electron chi connectivity index (χ1n) is 6.36. The van der Waals surface area contributed by atoms with Crippen molar-refractivity contribution < 1.29 is 14.7 Å². The van der Waals surface area contributed by atoms with Gasteiger partial charge >= 0.3 is 5.97 Å². The third-order valence-electron chi connectivity index (χ3n) is 3.75. The topological polar surface area (TPSA) is 57.6 Å². The average molecular weight is 297 g/mol. The number of hydrogen-bond donors (Lipinski definition) is 1. The van der Waals surface area contributed by atoms with E-state index in [1.807, 2.05) is 11.4 Å². The first kappa shape index (κ1) is 13.0. The number of likely N-dealkylation sites (tertiary alicyclic amines) is 1. The molecular formula is C13H15NO3S2. The van der Waals surface area contributed by atoms with E-state index in [9.17, 15) is 9.59 Å². The number of amides is 1. The van der Waals surface area contributed by atoms with E-state index in [-0.39, 0.29) is 17.1 Å². The molecule has 1 fully saturated rings. The van der Waals surface area contributed by atoms with Crippen molar-refractivity contribution in [1.82, 2.24) is 4.90 Å². The average Bonchev–Trinajstić information content (AvgIpc) is 3.06. The minimum absolute atomic E-state index is 0.0908. The molecule has 0 saturated carbocycles. The molecule has 0 aromatic carbocycles. The lowest BCUT2D eigenvalue weighted by Gasteiger charge is -2.26. The molecule has 0 unspecified atom stereocenters. The summed E-state index contributed by atoms with van der Waals surface area (Å²) in [6.45, 7) is 0.941. The molecule has 2 aliphatic heterocycles.